The molecule has 2 aromatic heterocycles. The maximum Gasteiger partial charge on any atom is 0.427 e. The molecule has 6 nitrogen and oxygen atoms in total. The lowest BCUT2D eigenvalue weighted by Gasteiger charge is -2.34. The summed E-state index contributed by atoms with van der Waals surface area (Å²) in [5.41, 5.74) is 0. The second kappa shape index (κ2) is 5.17. The lowest BCUT2D eigenvalue weighted by atomic mass is 10.3. The number of piperazine rings is 1. The molecule has 0 saturated carbocycles. The molecule has 0 N–H and O–H groups in total. The fourth-order valence-electron chi connectivity index (χ4n) is 2.20. The first-order chi connectivity index (χ1) is 9.95. The van der Waals surface area contributed by atoms with E-state index in [4.69, 9.17) is 0 Å². The molecule has 0 unspecified atom stereocenters. The predicted octanol–water partition coefficient (Wildman–Crippen LogP) is 1.62. The molecular formula is C11H13F3N6S. The van der Waals surface area contributed by atoms with Gasteiger partial charge < -0.3 is 14.4 Å². The smallest absolute Gasteiger partial charge is 0.345 e. The molecule has 0 bridgehead atoms. The topological polar surface area (TPSA) is 50.1 Å². The Morgan fingerprint density at radius 2 is 1.81 bits per heavy atom. The Morgan fingerprint density at radius 1 is 1.14 bits per heavy atom. The molecule has 3 heterocycles. The summed E-state index contributed by atoms with van der Waals surface area (Å²) in [6, 6.07) is 0. The van der Waals surface area contributed by atoms with Crippen LogP contribution in [0.25, 0.3) is 0 Å². The Labute approximate surface area is 122 Å². The number of halogens is 3. The number of alkyl halides is 3. The van der Waals surface area contributed by atoms with Gasteiger partial charge in [-0.2, -0.15) is 13.2 Å². The highest BCUT2D eigenvalue weighted by Gasteiger charge is 2.34. The third-order valence-electron chi connectivity index (χ3n) is 3.29. The summed E-state index contributed by atoms with van der Waals surface area (Å²) in [6.07, 6.45) is -1.80. The Balaban J connectivity index is 1.66. The van der Waals surface area contributed by atoms with Gasteiger partial charge >= 0.3 is 6.18 Å². The van der Waals surface area contributed by atoms with Crippen molar-refractivity contribution in [3.63, 3.8) is 0 Å². The molecule has 10 heteroatoms. The quantitative estimate of drug-likeness (QED) is 0.842. The number of nitrogens with zero attached hydrogens (tertiary/aromatic N) is 6. The van der Waals surface area contributed by atoms with E-state index >= 15 is 0 Å². The van der Waals surface area contributed by atoms with E-state index in [9.17, 15) is 13.2 Å². The zero-order valence-electron chi connectivity index (χ0n) is 11.2. The molecular weight excluding hydrogens is 305 g/mol. The molecule has 2 aromatic rings. The maximum atomic E-state index is 12.6. The minimum absolute atomic E-state index is 0.417. The molecule has 1 aliphatic rings. The van der Waals surface area contributed by atoms with Crippen molar-refractivity contribution in [3.8, 4) is 0 Å². The van der Waals surface area contributed by atoms with Crippen molar-refractivity contribution in [2.75, 3.05) is 36.0 Å². The van der Waals surface area contributed by atoms with Gasteiger partial charge in [-0.3, -0.25) is 0 Å². The Hall–Kier alpha value is -1.84. The molecule has 0 amide bonds. The van der Waals surface area contributed by atoms with Crippen molar-refractivity contribution >= 4 is 22.4 Å². The second-order valence-electron chi connectivity index (χ2n) is 4.72. The van der Waals surface area contributed by atoms with Gasteiger partial charge in [0.1, 0.15) is 11.2 Å². The Kier molecular flexibility index (Phi) is 3.47. The zero-order valence-corrected chi connectivity index (χ0v) is 12.0. The molecule has 21 heavy (non-hydrogen) atoms. The molecule has 0 aromatic carbocycles. The Bertz CT molecular complexity index is 614. The molecule has 0 radical (unpaired) electrons. The van der Waals surface area contributed by atoms with Gasteiger partial charge in [0.2, 0.25) is 5.95 Å². The standard InChI is InChI=1S/C11H13F3N6S/c1-18-7-16-17-9(18)19-2-4-20(5-3-19)10-15-6-8(21-10)11(12,13)14/h6-7H,2-5H2,1H3. The molecule has 0 spiro atoms. The van der Waals surface area contributed by atoms with Gasteiger partial charge in [-0.05, 0) is 0 Å². The highest BCUT2D eigenvalue weighted by Crippen LogP contribution is 2.36. The summed E-state index contributed by atoms with van der Waals surface area (Å²) in [5, 5.41) is 8.28. The van der Waals surface area contributed by atoms with E-state index in [2.05, 4.69) is 20.1 Å². The third-order valence-corrected chi connectivity index (χ3v) is 4.40. The predicted molar refractivity (Wildman–Crippen MR) is 72.5 cm³/mol. The monoisotopic (exact) mass is 318 g/mol. The van der Waals surface area contributed by atoms with Crippen LogP contribution in [-0.4, -0.2) is 45.9 Å². The number of aryl methyl sites for hydroxylation is 1. The minimum atomic E-state index is -4.32. The van der Waals surface area contributed by atoms with Gasteiger partial charge in [0.25, 0.3) is 0 Å². The van der Waals surface area contributed by atoms with Crippen LogP contribution in [0.15, 0.2) is 12.5 Å². The molecule has 0 atom stereocenters. The van der Waals surface area contributed by atoms with Crippen LogP contribution in [0.1, 0.15) is 4.88 Å². The van der Waals surface area contributed by atoms with Crippen molar-refractivity contribution in [3.05, 3.63) is 17.4 Å². The summed E-state index contributed by atoms with van der Waals surface area (Å²) < 4.78 is 39.6. The average molecular weight is 318 g/mol. The molecule has 1 saturated heterocycles. The molecule has 1 aliphatic heterocycles. The first-order valence-corrected chi connectivity index (χ1v) is 7.14. The zero-order chi connectivity index (χ0) is 15.0. The highest BCUT2D eigenvalue weighted by molar-refractivity contribution is 7.15. The molecule has 114 valence electrons. The van der Waals surface area contributed by atoms with E-state index in [0.717, 1.165) is 12.1 Å². The van der Waals surface area contributed by atoms with Crippen LogP contribution in [0.3, 0.4) is 0 Å². The van der Waals surface area contributed by atoms with E-state index in [0.29, 0.717) is 42.6 Å². The summed E-state index contributed by atoms with van der Waals surface area (Å²) in [7, 11) is 1.86. The first kappa shape index (κ1) is 14.1. The van der Waals surface area contributed by atoms with Gasteiger partial charge in [-0.1, -0.05) is 11.3 Å². The lowest BCUT2D eigenvalue weighted by Crippen LogP contribution is -2.47. The number of thiazole rings is 1. The lowest BCUT2D eigenvalue weighted by molar-refractivity contribution is -0.134. The number of hydrogen-bond acceptors (Lipinski definition) is 6. The van der Waals surface area contributed by atoms with Crippen molar-refractivity contribution < 1.29 is 13.2 Å². The minimum Gasteiger partial charge on any atom is -0.345 e. The summed E-state index contributed by atoms with van der Waals surface area (Å²) in [5.74, 6) is 0.768. The molecule has 0 aliphatic carbocycles. The first-order valence-electron chi connectivity index (χ1n) is 6.32. The fourth-order valence-corrected chi connectivity index (χ4v) is 3.04. The van der Waals surface area contributed by atoms with Crippen molar-refractivity contribution in [2.24, 2.45) is 7.05 Å². The second-order valence-corrected chi connectivity index (χ2v) is 5.73. The van der Waals surface area contributed by atoms with Gasteiger partial charge in [-0.15, -0.1) is 10.2 Å². The number of aromatic nitrogens is 4. The van der Waals surface area contributed by atoms with E-state index in [1.807, 2.05) is 16.5 Å². The third kappa shape index (κ3) is 2.80. The molecule has 3 rings (SSSR count). The van der Waals surface area contributed by atoms with Crippen LogP contribution in [0.5, 0.6) is 0 Å². The van der Waals surface area contributed by atoms with Crippen LogP contribution < -0.4 is 9.80 Å². The van der Waals surface area contributed by atoms with Crippen molar-refractivity contribution in [1.29, 1.82) is 0 Å². The van der Waals surface area contributed by atoms with E-state index in [-0.39, 0.29) is 0 Å². The maximum absolute atomic E-state index is 12.6. The largest absolute Gasteiger partial charge is 0.427 e. The molecule has 1 fully saturated rings. The van der Waals surface area contributed by atoms with E-state index < -0.39 is 11.1 Å². The highest BCUT2D eigenvalue weighted by atomic mass is 32.1. The number of anilines is 2. The van der Waals surface area contributed by atoms with E-state index in [1.165, 1.54) is 0 Å². The van der Waals surface area contributed by atoms with E-state index in [1.54, 1.807) is 6.33 Å². The fraction of sp³-hybridized carbons (Fsp3) is 0.545. The summed E-state index contributed by atoms with van der Waals surface area (Å²) in [4.78, 5) is 7.15. The van der Waals surface area contributed by atoms with Gasteiger partial charge in [0, 0.05) is 33.2 Å². The van der Waals surface area contributed by atoms with Gasteiger partial charge in [-0.25, -0.2) is 4.98 Å². The Morgan fingerprint density at radius 3 is 2.33 bits per heavy atom. The van der Waals surface area contributed by atoms with Crippen molar-refractivity contribution in [2.45, 2.75) is 6.18 Å². The number of rotatable bonds is 2. The van der Waals surface area contributed by atoms with Crippen LogP contribution in [0, 0.1) is 0 Å². The van der Waals surface area contributed by atoms with Crippen LogP contribution in [0.2, 0.25) is 0 Å². The number of hydrogen-bond donors (Lipinski definition) is 0. The van der Waals surface area contributed by atoms with Gasteiger partial charge in [0.15, 0.2) is 5.13 Å². The van der Waals surface area contributed by atoms with Gasteiger partial charge in [0.05, 0.1) is 6.20 Å². The van der Waals surface area contributed by atoms with Crippen LogP contribution in [0.4, 0.5) is 24.3 Å². The summed E-state index contributed by atoms with van der Waals surface area (Å²) in [6.45, 7) is 2.57. The SMILES string of the molecule is Cn1cnnc1N1CCN(c2ncc(C(F)(F)F)s2)CC1. The average Bonchev–Trinajstić information content (AvgIpc) is 3.07. The summed E-state index contributed by atoms with van der Waals surface area (Å²) >= 11 is 0.686. The van der Waals surface area contributed by atoms with Crippen molar-refractivity contribution in [1.82, 2.24) is 19.7 Å². The normalized spacial score (nSPS) is 16.6. The van der Waals surface area contributed by atoms with Crippen LogP contribution in [-0.2, 0) is 13.2 Å². The van der Waals surface area contributed by atoms with Crippen LogP contribution >= 0.6 is 11.3 Å².